The summed E-state index contributed by atoms with van der Waals surface area (Å²) in [6.45, 7) is 5.89. The first-order valence-corrected chi connectivity index (χ1v) is 7.23. The molecule has 1 aromatic rings. The predicted octanol–water partition coefficient (Wildman–Crippen LogP) is 3.24. The van der Waals surface area contributed by atoms with Gasteiger partial charge in [-0.2, -0.15) is 0 Å². The third-order valence-corrected chi connectivity index (χ3v) is 3.16. The number of aromatic nitrogens is 1. The van der Waals surface area contributed by atoms with Crippen LogP contribution >= 0.6 is 0 Å². The van der Waals surface area contributed by atoms with Gasteiger partial charge in [-0.05, 0) is 51.7 Å². The Morgan fingerprint density at radius 3 is 3.16 bits per heavy atom. The summed E-state index contributed by atoms with van der Waals surface area (Å²) in [7, 11) is 0. The lowest BCUT2D eigenvalue weighted by molar-refractivity contribution is 0.103. The minimum atomic E-state index is 0.141. The Labute approximate surface area is 115 Å². The molecule has 1 atom stereocenters. The highest BCUT2D eigenvalue weighted by Crippen LogP contribution is 2.22. The zero-order valence-electron chi connectivity index (χ0n) is 11.9. The van der Waals surface area contributed by atoms with Crippen LogP contribution in [0.4, 0.5) is 5.69 Å². The molecule has 0 radical (unpaired) electrons. The molecule has 1 saturated heterocycles. The van der Waals surface area contributed by atoms with Gasteiger partial charge in [0.15, 0.2) is 0 Å². The summed E-state index contributed by atoms with van der Waals surface area (Å²) >= 11 is 0. The van der Waals surface area contributed by atoms with E-state index >= 15 is 0 Å². The topological polar surface area (TPSA) is 43.4 Å². The summed E-state index contributed by atoms with van der Waals surface area (Å²) in [5.41, 5.74) is 0.976. The van der Waals surface area contributed by atoms with Crippen molar-refractivity contribution < 1.29 is 9.47 Å². The summed E-state index contributed by atoms with van der Waals surface area (Å²) in [6.07, 6.45) is 7.05. The number of ether oxygens (including phenoxy) is 2. The summed E-state index contributed by atoms with van der Waals surface area (Å²) in [6, 6.07) is 3.94. The van der Waals surface area contributed by atoms with Crippen molar-refractivity contribution in [1.82, 2.24) is 4.98 Å². The molecule has 4 nitrogen and oxygen atoms in total. The maximum Gasteiger partial charge on any atom is 0.237 e. The highest BCUT2D eigenvalue weighted by atomic mass is 16.5. The van der Waals surface area contributed by atoms with Crippen molar-refractivity contribution >= 4 is 5.69 Å². The van der Waals surface area contributed by atoms with Crippen LogP contribution in [-0.4, -0.2) is 30.3 Å². The van der Waals surface area contributed by atoms with E-state index in [2.05, 4.69) is 10.3 Å². The van der Waals surface area contributed by atoms with Crippen molar-refractivity contribution in [2.24, 2.45) is 0 Å². The zero-order chi connectivity index (χ0) is 13.5. The van der Waals surface area contributed by atoms with Gasteiger partial charge in [0, 0.05) is 19.3 Å². The minimum Gasteiger partial charge on any atom is -0.473 e. The van der Waals surface area contributed by atoms with Crippen molar-refractivity contribution in [3.05, 3.63) is 18.3 Å². The third-order valence-electron chi connectivity index (χ3n) is 3.16. The van der Waals surface area contributed by atoms with Crippen molar-refractivity contribution in [1.29, 1.82) is 0 Å². The second-order valence-electron chi connectivity index (χ2n) is 5.23. The lowest BCUT2D eigenvalue weighted by atomic mass is 10.1. The van der Waals surface area contributed by atoms with Gasteiger partial charge < -0.3 is 14.8 Å². The molecule has 1 N–H and O–H groups in total. The summed E-state index contributed by atoms with van der Waals surface area (Å²) in [5.74, 6) is 0.689. The van der Waals surface area contributed by atoms with Crippen LogP contribution in [0.2, 0.25) is 0 Å². The molecule has 1 aliphatic rings. The monoisotopic (exact) mass is 264 g/mol. The number of rotatable bonds is 7. The molecule has 1 unspecified atom stereocenters. The molecule has 0 aromatic carbocycles. The van der Waals surface area contributed by atoms with E-state index < -0.39 is 0 Å². The maximum absolute atomic E-state index is 5.68. The fourth-order valence-corrected chi connectivity index (χ4v) is 2.27. The molecule has 0 amide bonds. The minimum absolute atomic E-state index is 0.141. The lowest BCUT2D eigenvalue weighted by Crippen LogP contribution is -2.12. The fourth-order valence-electron chi connectivity index (χ4n) is 2.27. The van der Waals surface area contributed by atoms with Gasteiger partial charge in [-0.25, -0.2) is 4.98 Å². The second kappa shape index (κ2) is 7.34. The molecular weight excluding hydrogens is 240 g/mol. The van der Waals surface area contributed by atoms with Gasteiger partial charge in [-0.1, -0.05) is 0 Å². The Kier molecular flexibility index (Phi) is 5.45. The van der Waals surface area contributed by atoms with Gasteiger partial charge in [0.1, 0.15) is 0 Å². The second-order valence-corrected chi connectivity index (χ2v) is 5.23. The van der Waals surface area contributed by atoms with Crippen LogP contribution in [0, 0.1) is 0 Å². The van der Waals surface area contributed by atoms with Crippen LogP contribution in [0.3, 0.4) is 0 Å². The Morgan fingerprint density at radius 1 is 1.53 bits per heavy atom. The number of hydrogen-bond donors (Lipinski definition) is 1. The van der Waals surface area contributed by atoms with E-state index in [1.807, 2.05) is 26.0 Å². The molecule has 2 heterocycles. The van der Waals surface area contributed by atoms with Crippen LogP contribution in [0.15, 0.2) is 18.3 Å². The normalized spacial score (nSPS) is 18.8. The number of nitrogens with one attached hydrogen (secondary N) is 1. The van der Waals surface area contributed by atoms with Crippen molar-refractivity contribution in [3.8, 4) is 5.88 Å². The van der Waals surface area contributed by atoms with E-state index in [4.69, 9.17) is 9.47 Å². The van der Waals surface area contributed by atoms with Gasteiger partial charge in [-0.3, -0.25) is 0 Å². The third kappa shape index (κ3) is 4.71. The molecule has 106 valence electrons. The number of hydrogen-bond acceptors (Lipinski definition) is 4. The molecule has 2 rings (SSSR count). The molecule has 0 aliphatic carbocycles. The highest BCUT2D eigenvalue weighted by Gasteiger charge is 2.14. The molecule has 1 aromatic heterocycles. The fraction of sp³-hybridized carbons (Fsp3) is 0.667. The SMILES string of the molecule is CC(C)Oc1ncccc1NCCCC1CCCO1. The Morgan fingerprint density at radius 2 is 2.42 bits per heavy atom. The van der Waals surface area contributed by atoms with Gasteiger partial charge in [0.25, 0.3) is 0 Å². The average molecular weight is 264 g/mol. The number of pyridine rings is 1. The standard InChI is InChI=1S/C15H24N2O2/c1-12(2)19-15-14(8-4-10-17-15)16-9-3-6-13-7-5-11-18-13/h4,8,10,12-13,16H,3,5-7,9,11H2,1-2H3. The number of anilines is 1. The first-order chi connectivity index (χ1) is 9.25. The van der Waals surface area contributed by atoms with E-state index in [0.29, 0.717) is 12.0 Å². The Bertz CT molecular complexity index is 376. The largest absolute Gasteiger partial charge is 0.473 e. The predicted molar refractivity (Wildman–Crippen MR) is 76.7 cm³/mol. The van der Waals surface area contributed by atoms with E-state index in [9.17, 15) is 0 Å². The van der Waals surface area contributed by atoms with Crippen molar-refractivity contribution in [3.63, 3.8) is 0 Å². The van der Waals surface area contributed by atoms with E-state index in [1.165, 1.54) is 12.8 Å². The zero-order valence-corrected chi connectivity index (χ0v) is 11.9. The maximum atomic E-state index is 5.68. The summed E-state index contributed by atoms with van der Waals surface area (Å²) < 4.78 is 11.3. The van der Waals surface area contributed by atoms with Gasteiger partial charge in [0.05, 0.1) is 17.9 Å². The van der Waals surface area contributed by atoms with Crippen LogP contribution in [0.1, 0.15) is 39.5 Å². The Hall–Kier alpha value is -1.29. The molecule has 0 bridgehead atoms. The lowest BCUT2D eigenvalue weighted by Gasteiger charge is -2.14. The summed E-state index contributed by atoms with van der Waals surface area (Å²) in [4.78, 5) is 4.27. The summed E-state index contributed by atoms with van der Waals surface area (Å²) in [5, 5.41) is 3.40. The Balaban J connectivity index is 1.75. The van der Waals surface area contributed by atoms with Crippen LogP contribution < -0.4 is 10.1 Å². The van der Waals surface area contributed by atoms with E-state index in [1.54, 1.807) is 6.20 Å². The van der Waals surface area contributed by atoms with Crippen LogP contribution in [0.25, 0.3) is 0 Å². The number of nitrogens with zero attached hydrogens (tertiary/aromatic N) is 1. The van der Waals surface area contributed by atoms with Gasteiger partial charge in [-0.15, -0.1) is 0 Å². The first-order valence-electron chi connectivity index (χ1n) is 7.23. The van der Waals surface area contributed by atoms with Crippen LogP contribution in [-0.2, 0) is 4.74 Å². The van der Waals surface area contributed by atoms with Crippen molar-refractivity contribution in [2.45, 2.75) is 51.7 Å². The molecule has 4 heteroatoms. The van der Waals surface area contributed by atoms with E-state index in [-0.39, 0.29) is 6.10 Å². The molecule has 1 aliphatic heterocycles. The van der Waals surface area contributed by atoms with Crippen molar-refractivity contribution in [2.75, 3.05) is 18.5 Å². The quantitative estimate of drug-likeness (QED) is 0.768. The highest BCUT2D eigenvalue weighted by molar-refractivity contribution is 5.51. The smallest absolute Gasteiger partial charge is 0.237 e. The van der Waals surface area contributed by atoms with Gasteiger partial charge >= 0.3 is 0 Å². The van der Waals surface area contributed by atoms with Gasteiger partial charge in [0.2, 0.25) is 5.88 Å². The van der Waals surface area contributed by atoms with E-state index in [0.717, 1.165) is 31.7 Å². The molecule has 0 spiro atoms. The molecule has 19 heavy (non-hydrogen) atoms. The average Bonchev–Trinajstić information content (AvgIpc) is 2.89. The first kappa shape index (κ1) is 14.1. The molecule has 0 saturated carbocycles. The van der Waals surface area contributed by atoms with Crippen LogP contribution in [0.5, 0.6) is 5.88 Å². The molecular formula is C15H24N2O2. The molecule has 1 fully saturated rings.